The number of rotatable bonds is 8. The maximum absolute atomic E-state index is 8.63. The van der Waals surface area contributed by atoms with Gasteiger partial charge in [-0.3, -0.25) is 0 Å². The fourth-order valence-electron chi connectivity index (χ4n) is 2.87. The van der Waals surface area contributed by atoms with Gasteiger partial charge in [0.15, 0.2) is 5.75 Å². The Labute approximate surface area is 202 Å². The minimum absolute atomic E-state index is 0.322. The predicted molar refractivity (Wildman–Crippen MR) is 136 cm³/mol. The minimum Gasteiger partial charge on any atom is -0.508 e. The van der Waals surface area contributed by atoms with Crippen LogP contribution in [0.1, 0.15) is 32.6 Å². The van der Waals surface area contributed by atoms with E-state index in [0.29, 0.717) is 17.2 Å². The second-order valence-electron chi connectivity index (χ2n) is 7.27. The molecule has 1 aromatic heterocycles. The smallest absolute Gasteiger partial charge is 0.167 e. The monoisotopic (exact) mass is 459 g/mol. The molecule has 0 aliphatic rings. The number of methoxy groups -OCH3 is 1. The molecular formula is C28H33N3O3. The summed E-state index contributed by atoms with van der Waals surface area (Å²) in [6.07, 6.45) is 6.60. The molecule has 178 valence electrons. The Morgan fingerprint density at radius 3 is 1.94 bits per heavy atom. The summed E-state index contributed by atoms with van der Waals surface area (Å²) in [6.45, 7) is 3.07. The first kappa shape index (κ1) is 26.3. The molecule has 0 unspecified atom stereocenters. The number of phenols is 1. The quantitative estimate of drug-likeness (QED) is 0.300. The van der Waals surface area contributed by atoms with Crippen molar-refractivity contribution in [3.8, 4) is 28.5 Å². The molecule has 4 rings (SSSR count). The third kappa shape index (κ3) is 10.6. The Balaban J connectivity index is 0.000000190. The Kier molecular flexibility index (Phi) is 12.9. The van der Waals surface area contributed by atoms with Crippen LogP contribution in [0.3, 0.4) is 0 Å². The van der Waals surface area contributed by atoms with E-state index in [9.17, 15) is 0 Å². The van der Waals surface area contributed by atoms with Gasteiger partial charge in [-0.05, 0) is 35.9 Å². The molecule has 0 radical (unpaired) electrons. The van der Waals surface area contributed by atoms with Gasteiger partial charge in [0.2, 0.25) is 0 Å². The van der Waals surface area contributed by atoms with Crippen molar-refractivity contribution in [2.45, 2.75) is 32.6 Å². The number of aromatic hydroxyl groups is 1. The van der Waals surface area contributed by atoms with E-state index in [-0.39, 0.29) is 0 Å². The molecule has 0 aliphatic carbocycles. The SMILES string of the molecule is CCCCCCOc1ccccc1.COc1cnnnc1-c1ccccc1.Oc1ccccc1. The average Bonchev–Trinajstić information content (AvgIpc) is 2.91. The van der Waals surface area contributed by atoms with Crippen LogP contribution in [-0.4, -0.2) is 34.2 Å². The molecule has 1 heterocycles. The number of hydrogen-bond donors (Lipinski definition) is 1. The summed E-state index contributed by atoms with van der Waals surface area (Å²) in [7, 11) is 1.59. The molecule has 34 heavy (non-hydrogen) atoms. The van der Waals surface area contributed by atoms with E-state index in [1.54, 1.807) is 37.6 Å². The highest BCUT2D eigenvalue weighted by Crippen LogP contribution is 2.24. The van der Waals surface area contributed by atoms with Crippen LogP contribution < -0.4 is 9.47 Å². The molecule has 1 N–H and O–H groups in total. The number of nitrogens with zero attached hydrogens (tertiary/aromatic N) is 3. The molecule has 0 saturated heterocycles. The molecule has 3 aromatic carbocycles. The van der Waals surface area contributed by atoms with Gasteiger partial charge in [0.05, 0.1) is 19.9 Å². The molecule has 0 atom stereocenters. The molecule has 6 heteroatoms. The molecule has 0 bridgehead atoms. The lowest BCUT2D eigenvalue weighted by Crippen LogP contribution is -1.96. The van der Waals surface area contributed by atoms with Crippen molar-refractivity contribution in [1.82, 2.24) is 15.4 Å². The Hall–Kier alpha value is -3.93. The topological polar surface area (TPSA) is 77.4 Å². The van der Waals surface area contributed by atoms with E-state index in [4.69, 9.17) is 14.6 Å². The van der Waals surface area contributed by atoms with Crippen molar-refractivity contribution in [3.05, 3.63) is 97.2 Å². The fourth-order valence-corrected chi connectivity index (χ4v) is 2.87. The Bertz CT molecular complexity index is 1020. The third-order valence-corrected chi connectivity index (χ3v) is 4.64. The van der Waals surface area contributed by atoms with E-state index >= 15 is 0 Å². The Morgan fingerprint density at radius 2 is 1.38 bits per heavy atom. The van der Waals surface area contributed by atoms with Crippen LogP contribution in [-0.2, 0) is 0 Å². The molecule has 0 aliphatic heterocycles. The van der Waals surface area contributed by atoms with Gasteiger partial charge in [0, 0.05) is 5.56 Å². The van der Waals surface area contributed by atoms with Crippen molar-refractivity contribution in [3.63, 3.8) is 0 Å². The summed E-state index contributed by atoms with van der Waals surface area (Å²) < 4.78 is 10.7. The summed E-state index contributed by atoms with van der Waals surface area (Å²) in [6, 6.07) is 28.5. The first-order valence-electron chi connectivity index (χ1n) is 11.4. The number of para-hydroxylation sites is 2. The van der Waals surface area contributed by atoms with E-state index in [0.717, 1.165) is 17.9 Å². The zero-order valence-corrected chi connectivity index (χ0v) is 19.9. The standard InChI is InChI=1S/C12H18O.C10H9N3O.C6H6O/c1-2-3-4-8-11-13-12-9-6-5-7-10-12;1-14-9-7-11-13-12-10(9)8-5-3-2-4-6-8;7-6-4-2-1-3-5-6/h5-7,9-10H,2-4,8,11H2,1H3;2-7H,1H3;1-5,7H. The summed E-state index contributed by atoms with van der Waals surface area (Å²) >= 11 is 0. The van der Waals surface area contributed by atoms with Crippen molar-refractivity contribution >= 4 is 0 Å². The first-order chi connectivity index (χ1) is 16.7. The maximum Gasteiger partial charge on any atom is 0.167 e. The van der Waals surface area contributed by atoms with Crippen molar-refractivity contribution in [2.24, 2.45) is 0 Å². The van der Waals surface area contributed by atoms with Gasteiger partial charge >= 0.3 is 0 Å². The Morgan fingerprint density at radius 1 is 0.765 bits per heavy atom. The normalized spacial score (nSPS) is 9.59. The fraction of sp³-hybridized carbons (Fsp3) is 0.250. The zero-order chi connectivity index (χ0) is 24.3. The molecule has 6 nitrogen and oxygen atoms in total. The van der Waals surface area contributed by atoms with Gasteiger partial charge < -0.3 is 14.6 Å². The largest absolute Gasteiger partial charge is 0.508 e. The first-order valence-corrected chi connectivity index (χ1v) is 11.4. The van der Waals surface area contributed by atoms with E-state index in [1.165, 1.54) is 25.7 Å². The van der Waals surface area contributed by atoms with Gasteiger partial charge in [0.1, 0.15) is 17.2 Å². The van der Waals surface area contributed by atoms with Crippen LogP contribution >= 0.6 is 0 Å². The van der Waals surface area contributed by atoms with E-state index in [2.05, 4.69) is 22.3 Å². The van der Waals surface area contributed by atoms with Gasteiger partial charge in [-0.15, -0.1) is 10.2 Å². The van der Waals surface area contributed by atoms with Crippen molar-refractivity contribution in [1.29, 1.82) is 0 Å². The van der Waals surface area contributed by atoms with Crippen LogP contribution in [0.5, 0.6) is 17.2 Å². The minimum atomic E-state index is 0.322. The lowest BCUT2D eigenvalue weighted by Gasteiger charge is -2.04. The van der Waals surface area contributed by atoms with Crippen molar-refractivity contribution in [2.75, 3.05) is 13.7 Å². The lowest BCUT2D eigenvalue weighted by molar-refractivity contribution is 0.305. The van der Waals surface area contributed by atoms with E-state index in [1.807, 2.05) is 66.7 Å². The zero-order valence-electron chi connectivity index (χ0n) is 19.9. The summed E-state index contributed by atoms with van der Waals surface area (Å²) in [5.74, 6) is 1.94. The highest BCUT2D eigenvalue weighted by Gasteiger charge is 2.06. The van der Waals surface area contributed by atoms with Gasteiger partial charge in [0.25, 0.3) is 0 Å². The van der Waals surface area contributed by atoms with Crippen LogP contribution in [0.2, 0.25) is 0 Å². The third-order valence-electron chi connectivity index (χ3n) is 4.64. The molecule has 0 saturated carbocycles. The highest BCUT2D eigenvalue weighted by atomic mass is 16.5. The number of unbranched alkanes of at least 4 members (excludes halogenated alkanes) is 3. The average molecular weight is 460 g/mol. The maximum atomic E-state index is 8.63. The summed E-state index contributed by atoms with van der Waals surface area (Å²) in [5, 5.41) is 19.8. The van der Waals surface area contributed by atoms with Crippen molar-refractivity contribution < 1.29 is 14.6 Å². The molecule has 0 spiro atoms. The van der Waals surface area contributed by atoms with Gasteiger partial charge in [-0.1, -0.05) is 92.9 Å². The highest BCUT2D eigenvalue weighted by molar-refractivity contribution is 5.64. The van der Waals surface area contributed by atoms with Crippen LogP contribution in [0.15, 0.2) is 97.2 Å². The summed E-state index contributed by atoms with van der Waals surface area (Å²) in [5.41, 5.74) is 1.68. The molecule has 4 aromatic rings. The molecule has 0 amide bonds. The summed E-state index contributed by atoms with van der Waals surface area (Å²) in [4.78, 5) is 0. The lowest BCUT2D eigenvalue weighted by atomic mass is 10.1. The second kappa shape index (κ2) is 16.7. The number of aromatic nitrogens is 3. The second-order valence-corrected chi connectivity index (χ2v) is 7.27. The van der Waals surface area contributed by atoms with Gasteiger partial charge in [-0.2, -0.15) is 0 Å². The predicted octanol–water partition coefficient (Wildman–Crippen LogP) is 6.59. The molecule has 0 fully saturated rings. The van der Waals surface area contributed by atoms with Crippen LogP contribution in [0, 0.1) is 0 Å². The van der Waals surface area contributed by atoms with Crippen LogP contribution in [0.25, 0.3) is 11.3 Å². The van der Waals surface area contributed by atoms with E-state index < -0.39 is 0 Å². The van der Waals surface area contributed by atoms with Crippen LogP contribution in [0.4, 0.5) is 0 Å². The number of ether oxygens (including phenoxy) is 2. The number of benzene rings is 3. The number of hydrogen-bond acceptors (Lipinski definition) is 6. The molecular weight excluding hydrogens is 426 g/mol. The number of phenolic OH excluding ortho intramolecular Hbond substituents is 1. The van der Waals surface area contributed by atoms with Gasteiger partial charge in [-0.25, -0.2) is 0 Å².